The van der Waals surface area contributed by atoms with Crippen molar-refractivity contribution in [1.82, 2.24) is 10.2 Å². The summed E-state index contributed by atoms with van der Waals surface area (Å²) in [6.07, 6.45) is 8.62. The van der Waals surface area contributed by atoms with Crippen LogP contribution in [0.15, 0.2) is 24.3 Å². The van der Waals surface area contributed by atoms with Crippen molar-refractivity contribution >= 4 is 5.91 Å². The third kappa shape index (κ3) is 4.25. The number of carbonyl (C=O) groups is 1. The molecule has 4 nitrogen and oxygen atoms in total. The van der Waals surface area contributed by atoms with E-state index in [1.807, 2.05) is 36.2 Å². The molecule has 3 rings (SSSR count). The highest BCUT2D eigenvalue weighted by Gasteiger charge is 2.24. The fourth-order valence-electron chi connectivity index (χ4n) is 3.66. The second kappa shape index (κ2) is 7.82. The van der Waals surface area contributed by atoms with Gasteiger partial charge in [0.2, 0.25) is 0 Å². The Labute approximate surface area is 139 Å². The largest absolute Gasteiger partial charge is 0.490 e. The van der Waals surface area contributed by atoms with E-state index in [0.717, 1.165) is 50.1 Å². The molecule has 1 saturated carbocycles. The van der Waals surface area contributed by atoms with Gasteiger partial charge >= 0.3 is 0 Å². The number of ether oxygens (including phenoxy) is 1. The van der Waals surface area contributed by atoms with Crippen molar-refractivity contribution in [3.8, 4) is 5.75 Å². The van der Waals surface area contributed by atoms with Gasteiger partial charge in [0.15, 0.2) is 0 Å². The van der Waals surface area contributed by atoms with E-state index in [1.54, 1.807) is 0 Å². The Bertz CT molecular complexity index is 526. The lowest BCUT2D eigenvalue weighted by Crippen LogP contribution is -2.46. The molecule has 1 heterocycles. The number of likely N-dealkylation sites (tertiary alicyclic amines) is 1. The van der Waals surface area contributed by atoms with Crippen molar-refractivity contribution in [3.05, 3.63) is 29.8 Å². The predicted molar refractivity (Wildman–Crippen MR) is 91.9 cm³/mol. The zero-order valence-electron chi connectivity index (χ0n) is 14.1. The van der Waals surface area contributed by atoms with Gasteiger partial charge in [-0.15, -0.1) is 0 Å². The molecule has 2 aliphatic rings. The number of hydrogen-bond donors (Lipinski definition) is 1. The van der Waals surface area contributed by atoms with Crippen molar-refractivity contribution in [2.75, 3.05) is 20.1 Å². The number of nitrogens with one attached hydrogen (secondary N) is 1. The predicted octanol–water partition coefficient (Wildman–Crippen LogP) is 3.22. The van der Waals surface area contributed by atoms with Crippen molar-refractivity contribution in [2.24, 2.45) is 0 Å². The van der Waals surface area contributed by atoms with Crippen LogP contribution < -0.4 is 10.1 Å². The van der Waals surface area contributed by atoms with Gasteiger partial charge in [0, 0.05) is 24.7 Å². The van der Waals surface area contributed by atoms with E-state index in [-0.39, 0.29) is 5.91 Å². The van der Waals surface area contributed by atoms with E-state index >= 15 is 0 Å². The van der Waals surface area contributed by atoms with Crippen LogP contribution in [0.3, 0.4) is 0 Å². The summed E-state index contributed by atoms with van der Waals surface area (Å²) in [4.78, 5) is 14.7. The Morgan fingerprint density at radius 3 is 2.78 bits per heavy atom. The van der Waals surface area contributed by atoms with Crippen LogP contribution in [-0.2, 0) is 0 Å². The number of carbonyl (C=O) groups excluding carboxylic acids is 1. The maximum absolute atomic E-state index is 12.7. The molecule has 1 amide bonds. The smallest absolute Gasteiger partial charge is 0.254 e. The summed E-state index contributed by atoms with van der Waals surface area (Å²) in [7, 11) is 1.97. The van der Waals surface area contributed by atoms with Crippen molar-refractivity contribution < 1.29 is 9.53 Å². The maximum Gasteiger partial charge on any atom is 0.254 e. The standard InChI is InChI=1S/C19H28N2O2/c1-20-16-8-6-12-21(14-16)19(22)15-7-5-11-18(13-15)23-17-9-3-2-4-10-17/h5,7,11,13,16-17,20H,2-4,6,8-10,12,14H2,1H3. The van der Waals surface area contributed by atoms with Crippen molar-refractivity contribution in [2.45, 2.75) is 57.1 Å². The lowest BCUT2D eigenvalue weighted by atomic mass is 9.98. The normalized spacial score (nSPS) is 22.8. The van der Waals surface area contributed by atoms with Gasteiger partial charge in [-0.3, -0.25) is 4.79 Å². The van der Waals surface area contributed by atoms with Gasteiger partial charge in [-0.2, -0.15) is 0 Å². The number of rotatable bonds is 4. The first-order valence-corrected chi connectivity index (χ1v) is 8.99. The molecule has 4 heteroatoms. The third-order valence-electron chi connectivity index (χ3n) is 5.05. The molecular formula is C19H28N2O2. The highest BCUT2D eigenvalue weighted by molar-refractivity contribution is 5.94. The first kappa shape index (κ1) is 16.3. The minimum atomic E-state index is 0.124. The molecule has 1 aliphatic carbocycles. The van der Waals surface area contributed by atoms with Gasteiger partial charge in [0.05, 0.1) is 6.10 Å². The molecule has 1 N–H and O–H groups in total. The van der Waals surface area contributed by atoms with Crippen LogP contribution >= 0.6 is 0 Å². The monoisotopic (exact) mass is 316 g/mol. The van der Waals surface area contributed by atoms with Gasteiger partial charge in [-0.05, 0) is 63.8 Å². The Hall–Kier alpha value is -1.55. The average molecular weight is 316 g/mol. The number of likely N-dealkylation sites (N-methyl/N-ethyl adjacent to an activating group) is 1. The molecular weight excluding hydrogens is 288 g/mol. The SMILES string of the molecule is CNC1CCCN(C(=O)c2cccc(OC3CCCCC3)c2)C1. The van der Waals surface area contributed by atoms with Crippen molar-refractivity contribution in [1.29, 1.82) is 0 Å². The Balaban J connectivity index is 1.65. The van der Waals surface area contributed by atoms with Gasteiger partial charge < -0.3 is 15.0 Å². The second-order valence-corrected chi connectivity index (χ2v) is 6.78. The molecule has 0 bridgehead atoms. The molecule has 1 aliphatic heterocycles. The van der Waals surface area contributed by atoms with E-state index in [4.69, 9.17) is 4.74 Å². The van der Waals surface area contributed by atoms with E-state index in [2.05, 4.69) is 5.32 Å². The van der Waals surface area contributed by atoms with Crippen molar-refractivity contribution in [3.63, 3.8) is 0 Å². The lowest BCUT2D eigenvalue weighted by molar-refractivity contribution is 0.0697. The number of hydrogen-bond acceptors (Lipinski definition) is 3. The third-order valence-corrected chi connectivity index (χ3v) is 5.05. The van der Waals surface area contributed by atoms with E-state index in [1.165, 1.54) is 19.3 Å². The summed E-state index contributed by atoms with van der Waals surface area (Å²) in [5, 5.41) is 3.29. The van der Waals surface area contributed by atoms with Crippen LogP contribution in [0.1, 0.15) is 55.3 Å². The van der Waals surface area contributed by atoms with Crippen LogP contribution in [0.5, 0.6) is 5.75 Å². The van der Waals surface area contributed by atoms with Gasteiger partial charge in [0.1, 0.15) is 5.75 Å². The first-order chi connectivity index (χ1) is 11.3. The molecule has 0 radical (unpaired) electrons. The van der Waals surface area contributed by atoms with Crippen LogP contribution in [0.25, 0.3) is 0 Å². The zero-order valence-corrected chi connectivity index (χ0v) is 14.1. The first-order valence-electron chi connectivity index (χ1n) is 8.99. The Morgan fingerprint density at radius 1 is 1.17 bits per heavy atom. The summed E-state index contributed by atoms with van der Waals surface area (Å²) in [5.41, 5.74) is 0.745. The fourth-order valence-corrected chi connectivity index (χ4v) is 3.66. The number of amides is 1. The maximum atomic E-state index is 12.7. The Kier molecular flexibility index (Phi) is 5.55. The Morgan fingerprint density at radius 2 is 2.00 bits per heavy atom. The molecule has 1 unspecified atom stereocenters. The molecule has 2 fully saturated rings. The van der Waals surface area contributed by atoms with Gasteiger partial charge in [-0.1, -0.05) is 12.5 Å². The highest BCUT2D eigenvalue weighted by atomic mass is 16.5. The minimum Gasteiger partial charge on any atom is -0.490 e. The van der Waals surface area contributed by atoms with Crippen LogP contribution in [-0.4, -0.2) is 43.1 Å². The van der Waals surface area contributed by atoms with Crippen LogP contribution in [0.2, 0.25) is 0 Å². The fraction of sp³-hybridized carbons (Fsp3) is 0.632. The summed E-state index contributed by atoms with van der Waals surface area (Å²) < 4.78 is 6.09. The molecule has 1 saturated heterocycles. The van der Waals surface area contributed by atoms with E-state index in [0.29, 0.717) is 12.1 Å². The van der Waals surface area contributed by atoms with E-state index < -0.39 is 0 Å². The zero-order chi connectivity index (χ0) is 16.1. The summed E-state index contributed by atoms with van der Waals surface area (Å²) in [5.74, 6) is 0.962. The lowest BCUT2D eigenvalue weighted by Gasteiger charge is -2.32. The molecule has 1 aromatic rings. The second-order valence-electron chi connectivity index (χ2n) is 6.78. The van der Waals surface area contributed by atoms with Gasteiger partial charge in [-0.25, -0.2) is 0 Å². The summed E-state index contributed by atoms with van der Waals surface area (Å²) in [6, 6.07) is 8.14. The highest BCUT2D eigenvalue weighted by Crippen LogP contribution is 2.24. The number of benzene rings is 1. The van der Waals surface area contributed by atoms with Gasteiger partial charge in [0.25, 0.3) is 5.91 Å². The molecule has 1 atom stereocenters. The van der Waals surface area contributed by atoms with Crippen LogP contribution in [0.4, 0.5) is 0 Å². The molecule has 0 spiro atoms. The summed E-state index contributed by atoms with van der Waals surface area (Å²) in [6.45, 7) is 1.65. The minimum absolute atomic E-state index is 0.124. The quantitative estimate of drug-likeness (QED) is 0.927. The van der Waals surface area contributed by atoms with E-state index in [9.17, 15) is 4.79 Å². The average Bonchev–Trinajstić information content (AvgIpc) is 2.62. The summed E-state index contributed by atoms with van der Waals surface area (Å²) >= 11 is 0. The molecule has 23 heavy (non-hydrogen) atoms. The number of piperidine rings is 1. The molecule has 0 aromatic heterocycles. The molecule has 126 valence electrons. The molecule has 1 aromatic carbocycles. The number of nitrogens with zero attached hydrogens (tertiary/aromatic N) is 1. The van der Waals surface area contributed by atoms with Crippen LogP contribution in [0, 0.1) is 0 Å². The topological polar surface area (TPSA) is 41.6 Å².